The van der Waals surface area contributed by atoms with Gasteiger partial charge in [-0.25, -0.2) is 18.0 Å². The molecule has 0 aliphatic rings. The summed E-state index contributed by atoms with van der Waals surface area (Å²) >= 11 is 0. The molecule has 0 bridgehead atoms. The molecule has 2 rings (SSSR count). The fourth-order valence-corrected chi connectivity index (χ4v) is 1.76. The third kappa shape index (κ3) is 2.59. The molecule has 0 fully saturated rings. The van der Waals surface area contributed by atoms with Crippen LogP contribution in [0.25, 0.3) is 0 Å². The van der Waals surface area contributed by atoms with Crippen LogP contribution in [0, 0.1) is 24.4 Å². The molecule has 0 saturated heterocycles. The van der Waals surface area contributed by atoms with Crippen molar-refractivity contribution in [3.8, 4) is 0 Å². The van der Waals surface area contributed by atoms with Gasteiger partial charge in [-0.15, -0.1) is 0 Å². The Hall–Kier alpha value is -2.50. The third-order valence-electron chi connectivity index (χ3n) is 2.77. The fourth-order valence-electron chi connectivity index (χ4n) is 1.76. The summed E-state index contributed by atoms with van der Waals surface area (Å²) in [5.74, 6) is -5.24. The number of carboxylic acid groups (broad SMARTS) is 1. The number of halogens is 3. The van der Waals surface area contributed by atoms with Crippen LogP contribution >= 0.6 is 0 Å². The van der Waals surface area contributed by atoms with Gasteiger partial charge in [-0.05, 0) is 42.8 Å². The minimum atomic E-state index is -1.56. The molecule has 104 valence electrons. The molecule has 6 heteroatoms. The summed E-state index contributed by atoms with van der Waals surface area (Å²) in [6.45, 7) is 1.58. The van der Waals surface area contributed by atoms with Gasteiger partial charge < -0.3 is 10.4 Å². The second kappa shape index (κ2) is 5.24. The quantitative estimate of drug-likeness (QED) is 0.840. The van der Waals surface area contributed by atoms with Crippen LogP contribution in [0.5, 0.6) is 0 Å². The Labute approximate surface area is 112 Å². The van der Waals surface area contributed by atoms with E-state index in [0.717, 1.165) is 12.1 Å². The Balaban J connectivity index is 2.34. The number of hydrogen-bond acceptors (Lipinski definition) is 2. The van der Waals surface area contributed by atoms with Crippen molar-refractivity contribution in [2.75, 3.05) is 5.32 Å². The molecule has 0 heterocycles. The van der Waals surface area contributed by atoms with Gasteiger partial charge >= 0.3 is 5.97 Å². The highest BCUT2D eigenvalue weighted by Gasteiger charge is 2.14. The molecule has 3 nitrogen and oxygen atoms in total. The summed E-state index contributed by atoms with van der Waals surface area (Å²) < 4.78 is 39.4. The van der Waals surface area contributed by atoms with E-state index in [-0.39, 0.29) is 11.3 Å². The van der Waals surface area contributed by atoms with Crippen LogP contribution in [0.15, 0.2) is 30.3 Å². The van der Waals surface area contributed by atoms with Gasteiger partial charge in [0, 0.05) is 5.69 Å². The third-order valence-corrected chi connectivity index (χ3v) is 2.77. The Morgan fingerprint density at radius 2 is 1.80 bits per heavy atom. The number of benzene rings is 2. The lowest BCUT2D eigenvalue weighted by molar-refractivity contribution is 0.0696. The highest BCUT2D eigenvalue weighted by Crippen LogP contribution is 2.24. The summed E-state index contributed by atoms with van der Waals surface area (Å²) in [7, 11) is 0. The maximum Gasteiger partial charge on any atom is 0.335 e. The first-order valence-corrected chi connectivity index (χ1v) is 5.64. The first-order chi connectivity index (χ1) is 9.40. The van der Waals surface area contributed by atoms with Crippen molar-refractivity contribution < 1.29 is 23.1 Å². The van der Waals surface area contributed by atoms with Gasteiger partial charge in [-0.3, -0.25) is 0 Å². The van der Waals surface area contributed by atoms with Gasteiger partial charge in [0.15, 0.2) is 17.5 Å². The lowest BCUT2D eigenvalue weighted by atomic mass is 10.1. The molecule has 20 heavy (non-hydrogen) atoms. The Morgan fingerprint density at radius 3 is 2.40 bits per heavy atom. The van der Waals surface area contributed by atoms with E-state index in [1.807, 2.05) is 0 Å². The monoisotopic (exact) mass is 281 g/mol. The number of anilines is 2. The minimum Gasteiger partial charge on any atom is -0.478 e. The van der Waals surface area contributed by atoms with Gasteiger partial charge in [0.2, 0.25) is 0 Å². The first kappa shape index (κ1) is 13.9. The molecule has 0 spiro atoms. The van der Waals surface area contributed by atoms with Crippen molar-refractivity contribution in [1.29, 1.82) is 0 Å². The molecule has 0 atom stereocenters. The number of aryl methyl sites for hydroxylation is 1. The van der Waals surface area contributed by atoms with Crippen molar-refractivity contribution in [3.63, 3.8) is 0 Å². The predicted octanol–water partition coefficient (Wildman–Crippen LogP) is 3.85. The van der Waals surface area contributed by atoms with Gasteiger partial charge in [-0.1, -0.05) is 0 Å². The van der Waals surface area contributed by atoms with E-state index in [1.54, 1.807) is 6.92 Å². The Morgan fingerprint density at radius 1 is 1.10 bits per heavy atom. The molecule has 0 aliphatic carbocycles. The minimum absolute atomic E-state index is 0.112. The molecule has 0 amide bonds. The van der Waals surface area contributed by atoms with E-state index >= 15 is 0 Å². The molecule has 2 aromatic carbocycles. The summed E-state index contributed by atoms with van der Waals surface area (Å²) in [6.07, 6.45) is 0. The highest BCUT2D eigenvalue weighted by atomic mass is 19.2. The average Bonchev–Trinajstić information content (AvgIpc) is 2.39. The van der Waals surface area contributed by atoms with Crippen molar-refractivity contribution in [2.24, 2.45) is 0 Å². The summed E-state index contributed by atoms with van der Waals surface area (Å²) in [4.78, 5) is 10.9. The molecule has 2 N–H and O–H groups in total. The Bertz CT molecular complexity index is 686. The molecule has 0 aliphatic heterocycles. The molecule has 2 aromatic rings. The zero-order chi connectivity index (χ0) is 14.9. The normalized spacial score (nSPS) is 10.4. The number of nitrogens with one attached hydrogen (secondary N) is 1. The van der Waals surface area contributed by atoms with Crippen LogP contribution in [0.4, 0.5) is 24.5 Å². The lowest BCUT2D eigenvalue weighted by Gasteiger charge is -2.10. The first-order valence-electron chi connectivity index (χ1n) is 5.64. The second-order valence-electron chi connectivity index (χ2n) is 4.18. The van der Waals surface area contributed by atoms with Crippen LogP contribution in [0.3, 0.4) is 0 Å². The van der Waals surface area contributed by atoms with Gasteiger partial charge in [-0.2, -0.15) is 0 Å². The predicted molar refractivity (Wildman–Crippen MR) is 67.7 cm³/mol. The van der Waals surface area contributed by atoms with Crippen molar-refractivity contribution >= 4 is 17.3 Å². The number of carbonyl (C=O) groups is 1. The van der Waals surface area contributed by atoms with Crippen LogP contribution in [0.2, 0.25) is 0 Å². The smallest absolute Gasteiger partial charge is 0.335 e. The largest absolute Gasteiger partial charge is 0.478 e. The average molecular weight is 281 g/mol. The molecule has 0 unspecified atom stereocenters. The van der Waals surface area contributed by atoms with E-state index in [1.165, 1.54) is 18.2 Å². The van der Waals surface area contributed by atoms with Crippen LogP contribution in [-0.4, -0.2) is 11.1 Å². The molecule has 0 aromatic heterocycles. The summed E-state index contributed by atoms with van der Waals surface area (Å²) in [5, 5.41) is 11.5. The SMILES string of the molecule is Cc1cc(Nc2ccc(F)c(F)c2F)ccc1C(=O)O. The number of carboxylic acids is 1. The molecular weight excluding hydrogens is 271 g/mol. The van der Waals surface area contributed by atoms with Gasteiger partial charge in [0.1, 0.15) is 0 Å². The maximum atomic E-state index is 13.5. The zero-order valence-corrected chi connectivity index (χ0v) is 10.4. The van der Waals surface area contributed by atoms with Gasteiger partial charge in [0.25, 0.3) is 0 Å². The fraction of sp³-hybridized carbons (Fsp3) is 0.0714. The van der Waals surface area contributed by atoms with E-state index < -0.39 is 23.4 Å². The van der Waals surface area contributed by atoms with Crippen LogP contribution < -0.4 is 5.32 Å². The van der Waals surface area contributed by atoms with Gasteiger partial charge in [0.05, 0.1) is 11.3 Å². The van der Waals surface area contributed by atoms with Crippen molar-refractivity contribution in [3.05, 3.63) is 58.9 Å². The van der Waals surface area contributed by atoms with E-state index in [0.29, 0.717) is 11.3 Å². The van der Waals surface area contributed by atoms with Crippen molar-refractivity contribution in [1.82, 2.24) is 0 Å². The Kier molecular flexibility index (Phi) is 3.65. The topological polar surface area (TPSA) is 49.3 Å². The van der Waals surface area contributed by atoms with E-state index in [2.05, 4.69) is 5.32 Å². The number of rotatable bonds is 3. The highest BCUT2D eigenvalue weighted by molar-refractivity contribution is 5.90. The second-order valence-corrected chi connectivity index (χ2v) is 4.18. The number of aromatic carboxylic acids is 1. The molecule has 0 radical (unpaired) electrons. The zero-order valence-electron chi connectivity index (χ0n) is 10.4. The lowest BCUT2D eigenvalue weighted by Crippen LogP contribution is -2.02. The standard InChI is InChI=1S/C14H10F3NO2/c1-7-6-8(2-3-9(7)14(19)20)18-11-5-4-10(15)12(16)13(11)17/h2-6,18H,1H3,(H,19,20). The van der Waals surface area contributed by atoms with Crippen LogP contribution in [0.1, 0.15) is 15.9 Å². The summed E-state index contributed by atoms with van der Waals surface area (Å²) in [6, 6.07) is 6.10. The molecular formula is C14H10F3NO2. The van der Waals surface area contributed by atoms with E-state index in [9.17, 15) is 18.0 Å². The number of hydrogen-bond donors (Lipinski definition) is 2. The van der Waals surface area contributed by atoms with E-state index in [4.69, 9.17) is 5.11 Å². The molecule has 0 saturated carbocycles. The summed E-state index contributed by atoms with van der Waals surface area (Å²) in [5.41, 5.74) is 0.718. The van der Waals surface area contributed by atoms with Crippen molar-refractivity contribution in [2.45, 2.75) is 6.92 Å². The maximum absolute atomic E-state index is 13.5. The van der Waals surface area contributed by atoms with Crippen LogP contribution in [-0.2, 0) is 0 Å².